The molecule has 6 atom stereocenters. The predicted molar refractivity (Wildman–Crippen MR) is 135 cm³/mol. The number of rotatable bonds is 6. The Hall–Kier alpha value is -2.43. The lowest BCUT2D eigenvalue weighted by atomic mass is 9.56. The summed E-state index contributed by atoms with van der Waals surface area (Å²) in [5, 5.41) is 19.2. The monoisotopic (exact) mass is 612 g/mol. The zero-order chi connectivity index (χ0) is 26.9. The number of benzene rings is 1. The number of aromatic hydroxyl groups is 1. The van der Waals surface area contributed by atoms with E-state index in [9.17, 15) is 29.1 Å². The van der Waals surface area contributed by atoms with E-state index in [4.69, 9.17) is 28.3 Å². The number of phenolic OH excluding ortho intramolecular Hbond substituents is 1. The van der Waals surface area contributed by atoms with E-state index < -0.39 is 57.1 Å². The molecular formula is C25H23BrCl2N2O7. The van der Waals surface area contributed by atoms with Crippen LogP contribution in [-0.2, 0) is 24.0 Å². The van der Waals surface area contributed by atoms with Crippen LogP contribution in [0.4, 0.5) is 0 Å². The van der Waals surface area contributed by atoms with Crippen molar-refractivity contribution in [3.05, 3.63) is 41.5 Å². The SMILES string of the molecule is O=C(O)CCCN1C(=O)[C@H]2[C@H](CC=C3[C@H]2C[C@@]2(Cl)C(=O)N(CBr)C(=O)[C@@]2(Cl)[C@H]3c2cccc(O)c2)C1=O. The summed E-state index contributed by atoms with van der Waals surface area (Å²) in [4.78, 5) is 63.0. The van der Waals surface area contributed by atoms with Crippen LogP contribution in [-0.4, -0.2) is 71.4 Å². The fourth-order valence-corrected chi connectivity index (χ4v) is 7.93. The number of alkyl halides is 3. The first-order chi connectivity index (χ1) is 17.5. The summed E-state index contributed by atoms with van der Waals surface area (Å²) in [5.74, 6) is -6.39. The van der Waals surface area contributed by atoms with Gasteiger partial charge in [-0.15, -0.1) is 23.2 Å². The molecule has 2 heterocycles. The molecule has 12 heteroatoms. The third-order valence-electron chi connectivity index (χ3n) is 8.08. The average molecular weight is 614 g/mol. The van der Waals surface area contributed by atoms with Crippen LogP contribution in [0, 0.1) is 17.8 Å². The summed E-state index contributed by atoms with van der Waals surface area (Å²) in [7, 11) is 0. The Morgan fingerprint density at radius 2 is 1.81 bits per heavy atom. The van der Waals surface area contributed by atoms with Gasteiger partial charge in [0.25, 0.3) is 11.8 Å². The second kappa shape index (κ2) is 9.10. The first-order valence-electron chi connectivity index (χ1n) is 11.8. The number of allylic oxidation sites excluding steroid dienone is 2. The van der Waals surface area contributed by atoms with Crippen LogP contribution in [0.25, 0.3) is 0 Å². The zero-order valence-corrected chi connectivity index (χ0v) is 22.5. The quantitative estimate of drug-likeness (QED) is 0.218. The maximum absolute atomic E-state index is 13.6. The lowest BCUT2D eigenvalue weighted by Gasteiger charge is -2.50. The van der Waals surface area contributed by atoms with Gasteiger partial charge in [0.2, 0.25) is 11.8 Å². The van der Waals surface area contributed by atoms with E-state index in [0.29, 0.717) is 11.1 Å². The van der Waals surface area contributed by atoms with Gasteiger partial charge in [0.1, 0.15) is 5.75 Å². The molecule has 196 valence electrons. The molecule has 2 N–H and O–H groups in total. The molecule has 3 fully saturated rings. The van der Waals surface area contributed by atoms with Gasteiger partial charge < -0.3 is 10.2 Å². The fraction of sp³-hybridized carbons (Fsp3) is 0.480. The number of fused-ring (bicyclic) bond motifs is 4. The van der Waals surface area contributed by atoms with Crippen LogP contribution in [0.1, 0.15) is 37.2 Å². The Morgan fingerprint density at radius 1 is 1.08 bits per heavy atom. The molecule has 2 aliphatic carbocycles. The van der Waals surface area contributed by atoms with Gasteiger partial charge in [-0.3, -0.25) is 33.8 Å². The van der Waals surface area contributed by atoms with Gasteiger partial charge in [-0.1, -0.05) is 39.7 Å². The zero-order valence-electron chi connectivity index (χ0n) is 19.4. The van der Waals surface area contributed by atoms with E-state index in [2.05, 4.69) is 15.9 Å². The van der Waals surface area contributed by atoms with Crippen LogP contribution in [0.3, 0.4) is 0 Å². The molecule has 0 unspecified atom stereocenters. The first kappa shape index (κ1) is 26.2. The van der Waals surface area contributed by atoms with Crippen molar-refractivity contribution in [1.82, 2.24) is 9.80 Å². The summed E-state index contributed by atoms with van der Waals surface area (Å²) in [6.07, 6.45) is 1.84. The molecule has 1 saturated carbocycles. The van der Waals surface area contributed by atoms with E-state index >= 15 is 0 Å². The molecule has 2 aliphatic heterocycles. The Bertz CT molecular complexity index is 1270. The number of carboxylic acids is 1. The molecule has 0 spiro atoms. The number of imide groups is 2. The fourth-order valence-electron chi connectivity index (χ4n) is 6.51. The molecular weight excluding hydrogens is 591 g/mol. The summed E-state index contributed by atoms with van der Waals surface area (Å²) in [6, 6.07) is 6.18. The second-order valence-electron chi connectivity index (χ2n) is 9.91. The van der Waals surface area contributed by atoms with E-state index in [1.54, 1.807) is 12.1 Å². The van der Waals surface area contributed by atoms with Crippen LogP contribution in [0.2, 0.25) is 0 Å². The van der Waals surface area contributed by atoms with E-state index in [0.717, 1.165) is 9.80 Å². The number of carbonyl (C=O) groups excluding carboxylic acids is 4. The maximum atomic E-state index is 13.6. The van der Waals surface area contributed by atoms with Gasteiger partial charge in [-0.2, -0.15) is 0 Å². The van der Waals surface area contributed by atoms with Crippen molar-refractivity contribution in [3.63, 3.8) is 0 Å². The third-order valence-corrected chi connectivity index (χ3v) is 10.00. The molecule has 4 aliphatic rings. The largest absolute Gasteiger partial charge is 0.508 e. The molecule has 2 saturated heterocycles. The minimum Gasteiger partial charge on any atom is -0.508 e. The van der Waals surface area contributed by atoms with Crippen molar-refractivity contribution >= 4 is 68.7 Å². The maximum Gasteiger partial charge on any atom is 0.303 e. The number of hydrogen-bond acceptors (Lipinski definition) is 6. The van der Waals surface area contributed by atoms with Gasteiger partial charge in [0.05, 0.1) is 17.3 Å². The highest BCUT2D eigenvalue weighted by molar-refractivity contribution is 9.09. The van der Waals surface area contributed by atoms with E-state index in [1.165, 1.54) is 12.1 Å². The topological polar surface area (TPSA) is 132 Å². The smallest absolute Gasteiger partial charge is 0.303 e. The number of likely N-dealkylation sites (tertiary alicyclic amines) is 2. The second-order valence-corrected chi connectivity index (χ2v) is 11.6. The standard InChI is InChI=1S/C25H23BrCl2N2O7/c26-11-30-22(36)24(27)10-16-14(19(25(24,28)23(30)37)12-3-1-4-13(31)9-12)6-7-15-18(16)21(35)29(20(15)34)8-2-5-17(32)33/h1,3-4,6,9,15-16,18-19,31H,2,5,7-8,10-11H2,(H,32,33)/t15-,16+,18-,19-,24+,25-/m0/s1. The Morgan fingerprint density at radius 3 is 2.46 bits per heavy atom. The van der Waals surface area contributed by atoms with Crippen LogP contribution < -0.4 is 0 Å². The highest BCUT2D eigenvalue weighted by Crippen LogP contribution is 2.65. The highest BCUT2D eigenvalue weighted by Gasteiger charge is 2.76. The van der Waals surface area contributed by atoms with Gasteiger partial charge in [0, 0.05) is 18.9 Å². The predicted octanol–water partition coefficient (Wildman–Crippen LogP) is 2.97. The first-order valence-corrected chi connectivity index (χ1v) is 13.7. The number of aliphatic carboxylic acids is 1. The molecule has 9 nitrogen and oxygen atoms in total. The van der Waals surface area contributed by atoms with Crippen LogP contribution in [0.15, 0.2) is 35.9 Å². The number of carboxylic acid groups (broad SMARTS) is 1. The van der Waals surface area contributed by atoms with Crippen molar-refractivity contribution in [2.45, 2.75) is 41.3 Å². The van der Waals surface area contributed by atoms with Crippen molar-refractivity contribution in [3.8, 4) is 5.75 Å². The van der Waals surface area contributed by atoms with Gasteiger partial charge in [-0.25, -0.2) is 0 Å². The number of carbonyl (C=O) groups is 5. The van der Waals surface area contributed by atoms with Crippen molar-refractivity contribution in [2.75, 3.05) is 12.0 Å². The summed E-state index contributed by atoms with van der Waals surface area (Å²) in [6.45, 7) is -0.0186. The minimum absolute atomic E-state index is 0.0186. The normalized spacial score (nSPS) is 34.8. The summed E-state index contributed by atoms with van der Waals surface area (Å²) >= 11 is 17.3. The number of phenols is 1. The molecule has 0 bridgehead atoms. The summed E-state index contributed by atoms with van der Waals surface area (Å²) in [5.41, 5.74) is 0.969. The molecule has 37 heavy (non-hydrogen) atoms. The number of hydrogen-bond donors (Lipinski definition) is 2. The summed E-state index contributed by atoms with van der Waals surface area (Å²) < 4.78 is 0. The average Bonchev–Trinajstić information content (AvgIpc) is 3.17. The van der Waals surface area contributed by atoms with E-state index in [1.807, 2.05) is 6.08 Å². The minimum atomic E-state index is -1.92. The molecule has 1 aromatic rings. The highest BCUT2D eigenvalue weighted by atomic mass is 79.9. The lowest BCUT2D eigenvalue weighted by molar-refractivity contribution is -0.142. The molecule has 4 amide bonds. The Balaban J connectivity index is 1.62. The van der Waals surface area contributed by atoms with Crippen molar-refractivity contribution in [2.24, 2.45) is 17.8 Å². The lowest BCUT2D eigenvalue weighted by Crippen LogP contribution is -2.60. The van der Waals surface area contributed by atoms with Gasteiger partial charge in [0.15, 0.2) is 9.75 Å². The molecule has 0 aromatic heterocycles. The molecule has 1 aromatic carbocycles. The Kier molecular flexibility index (Phi) is 6.44. The van der Waals surface area contributed by atoms with Gasteiger partial charge >= 0.3 is 5.97 Å². The number of amides is 4. The number of halogens is 3. The Labute approximate surface area is 230 Å². The van der Waals surface area contributed by atoms with E-state index in [-0.39, 0.29) is 49.3 Å². The van der Waals surface area contributed by atoms with Crippen LogP contribution >= 0.6 is 39.1 Å². The van der Waals surface area contributed by atoms with Crippen molar-refractivity contribution in [1.29, 1.82) is 0 Å². The number of nitrogens with zero attached hydrogens (tertiary/aromatic N) is 2. The van der Waals surface area contributed by atoms with Gasteiger partial charge in [-0.05, 0) is 42.9 Å². The van der Waals surface area contributed by atoms with Crippen molar-refractivity contribution < 1.29 is 34.2 Å². The molecule has 0 radical (unpaired) electrons. The molecule has 5 rings (SSSR count). The third kappa shape index (κ3) is 3.59. The van der Waals surface area contributed by atoms with Crippen LogP contribution in [0.5, 0.6) is 5.75 Å².